The average molecular weight is 257 g/mol. The van der Waals surface area contributed by atoms with E-state index in [1.54, 1.807) is 26.8 Å². The SMILES string of the molecule is Cc1cc(C(F)(F)F)c2c(c1)C(C)(C)C(=O)N2C. The lowest BCUT2D eigenvalue weighted by molar-refractivity contribution is -0.137. The fourth-order valence-electron chi connectivity index (χ4n) is 2.47. The Kier molecular flexibility index (Phi) is 2.51. The molecule has 0 unspecified atom stereocenters. The van der Waals surface area contributed by atoms with E-state index in [1.807, 2.05) is 0 Å². The highest BCUT2D eigenvalue weighted by Crippen LogP contribution is 2.48. The Morgan fingerprint density at radius 3 is 2.28 bits per heavy atom. The molecule has 0 saturated heterocycles. The summed E-state index contributed by atoms with van der Waals surface area (Å²) < 4.78 is 39.1. The fraction of sp³-hybridized carbons (Fsp3) is 0.462. The third kappa shape index (κ3) is 1.61. The number of alkyl halides is 3. The predicted octanol–water partition coefficient (Wildman–Crippen LogP) is 3.27. The summed E-state index contributed by atoms with van der Waals surface area (Å²) in [5, 5.41) is 0. The van der Waals surface area contributed by atoms with Crippen molar-refractivity contribution in [1.82, 2.24) is 0 Å². The van der Waals surface area contributed by atoms with Crippen LogP contribution in [-0.4, -0.2) is 13.0 Å². The van der Waals surface area contributed by atoms with Gasteiger partial charge < -0.3 is 4.90 Å². The van der Waals surface area contributed by atoms with Crippen LogP contribution >= 0.6 is 0 Å². The van der Waals surface area contributed by atoms with Crippen molar-refractivity contribution in [2.75, 3.05) is 11.9 Å². The highest BCUT2D eigenvalue weighted by atomic mass is 19.4. The summed E-state index contributed by atoms with van der Waals surface area (Å²) in [6.07, 6.45) is -4.45. The number of rotatable bonds is 0. The van der Waals surface area contributed by atoms with Gasteiger partial charge in [0.25, 0.3) is 0 Å². The number of halogens is 3. The van der Waals surface area contributed by atoms with Crippen molar-refractivity contribution < 1.29 is 18.0 Å². The van der Waals surface area contributed by atoms with Gasteiger partial charge in [-0.05, 0) is 32.4 Å². The van der Waals surface area contributed by atoms with E-state index in [2.05, 4.69) is 0 Å². The zero-order valence-corrected chi connectivity index (χ0v) is 10.6. The van der Waals surface area contributed by atoms with Gasteiger partial charge in [-0.2, -0.15) is 13.2 Å². The molecule has 98 valence electrons. The number of nitrogens with zero attached hydrogens (tertiary/aromatic N) is 1. The van der Waals surface area contributed by atoms with Crippen molar-refractivity contribution in [1.29, 1.82) is 0 Å². The first kappa shape index (κ1) is 12.9. The largest absolute Gasteiger partial charge is 0.418 e. The molecular formula is C13H14F3NO. The second-order valence-corrected chi connectivity index (χ2v) is 5.20. The zero-order valence-electron chi connectivity index (χ0n) is 10.6. The minimum atomic E-state index is -4.45. The highest BCUT2D eigenvalue weighted by Gasteiger charge is 2.47. The Morgan fingerprint density at radius 1 is 1.22 bits per heavy atom. The maximum absolute atomic E-state index is 13.0. The van der Waals surface area contributed by atoms with E-state index in [-0.39, 0.29) is 11.6 Å². The van der Waals surface area contributed by atoms with Gasteiger partial charge in [0.2, 0.25) is 5.91 Å². The number of hydrogen-bond acceptors (Lipinski definition) is 1. The number of carbonyl (C=O) groups excluding carboxylic acids is 1. The molecule has 0 aliphatic carbocycles. The van der Waals surface area contributed by atoms with Crippen LogP contribution in [0.15, 0.2) is 12.1 Å². The summed E-state index contributed by atoms with van der Waals surface area (Å²) in [5.74, 6) is -0.311. The summed E-state index contributed by atoms with van der Waals surface area (Å²) in [6, 6.07) is 2.75. The molecule has 0 spiro atoms. The quantitative estimate of drug-likeness (QED) is 0.698. The van der Waals surface area contributed by atoms with Gasteiger partial charge in [-0.25, -0.2) is 0 Å². The number of carbonyl (C=O) groups is 1. The molecule has 1 aromatic carbocycles. The van der Waals surface area contributed by atoms with Crippen molar-refractivity contribution >= 4 is 11.6 Å². The molecule has 0 saturated carbocycles. The normalized spacial score (nSPS) is 18.2. The van der Waals surface area contributed by atoms with Crippen LogP contribution in [0.4, 0.5) is 18.9 Å². The lowest BCUT2D eigenvalue weighted by Gasteiger charge is -2.18. The van der Waals surface area contributed by atoms with E-state index in [0.717, 1.165) is 11.0 Å². The monoisotopic (exact) mass is 257 g/mol. The molecule has 18 heavy (non-hydrogen) atoms. The molecule has 0 N–H and O–H groups in total. The number of fused-ring (bicyclic) bond motifs is 1. The Morgan fingerprint density at radius 2 is 1.78 bits per heavy atom. The van der Waals surface area contributed by atoms with Gasteiger partial charge >= 0.3 is 6.18 Å². The summed E-state index contributed by atoms with van der Waals surface area (Å²) in [7, 11) is 1.39. The Labute approximate surface area is 103 Å². The third-order valence-corrected chi connectivity index (χ3v) is 3.41. The summed E-state index contributed by atoms with van der Waals surface area (Å²) >= 11 is 0. The molecule has 0 fully saturated rings. The van der Waals surface area contributed by atoms with Crippen molar-refractivity contribution in [2.24, 2.45) is 0 Å². The molecule has 0 bridgehead atoms. The van der Waals surface area contributed by atoms with Gasteiger partial charge in [0.05, 0.1) is 16.7 Å². The lowest BCUT2D eigenvalue weighted by atomic mass is 9.84. The molecule has 2 nitrogen and oxygen atoms in total. The Bertz CT molecular complexity index is 532. The van der Waals surface area contributed by atoms with Gasteiger partial charge in [0.15, 0.2) is 0 Å². The van der Waals surface area contributed by atoms with Gasteiger partial charge in [0, 0.05) is 7.05 Å². The maximum Gasteiger partial charge on any atom is 0.418 e. The lowest BCUT2D eigenvalue weighted by Crippen LogP contribution is -2.33. The van der Waals surface area contributed by atoms with Crippen LogP contribution in [0.25, 0.3) is 0 Å². The molecule has 1 amide bonds. The number of hydrogen-bond donors (Lipinski definition) is 0. The first-order valence-corrected chi connectivity index (χ1v) is 5.57. The van der Waals surface area contributed by atoms with E-state index < -0.39 is 17.2 Å². The van der Waals surface area contributed by atoms with Crippen molar-refractivity contribution in [3.05, 3.63) is 28.8 Å². The topological polar surface area (TPSA) is 20.3 Å². The molecule has 0 atom stereocenters. The van der Waals surface area contributed by atoms with Crippen LogP contribution in [0.5, 0.6) is 0 Å². The number of amides is 1. The molecular weight excluding hydrogens is 243 g/mol. The Balaban J connectivity index is 2.81. The summed E-state index contributed by atoms with van der Waals surface area (Å²) in [6.45, 7) is 4.91. The zero-order chi connectivity index (χ0) is 13.9. The standard InChI is InChI=1S/C13H14F3NO/c1-7-5-8-10(9(6-7)13(14,15)16)17(4)11(18)12(8,2)3/h5-6H,1-4H3. The van der Waals surface area contributed by atoms with Crippen molar-refractivity contribution in [2.45, 2.75) is 32.4 Å². The number of aryl methyl sites for hydroxylation is 1. The van der Waals surface area contributed by atoms with Crippen LogP contribution < -0.4 is 4.90 Å². The molecule has 1 heterocycles. The fourth-order valence-corrected chi connectivity index (χ4v) is 2.47. The number of benzene rings is 1. The molecule has 1 aromatic rings. The minimum Gasteiger partial charge on any atom is -0.314 e. The smallest absolute Gasteiger partial charge is 0.314 e. The van der Waals surface area contributed by atoms with E-state index in [9.17, 15) is 18.0 Å². The Hall–Kier alpha value is -1.52. The van der Waals surface area contributed by atoms with Crippen LogP contribution in [0, 0.1) is 6.92 Å². The van der Waals surface area contributed by atoms with Gasteiger partial charge in [0.1, 0.15) is 0 Å². The van der Waals surface area contributed by atoms with Crippen LogP contribution in [-0.2, 0) is 16.4 Å². The summed E-state index contributed by atoms with van der Waals surface area (Å²) in [5.41, 5.74) is -0.697. The van der Waals surface area contributed by atoms with Gasteiger partial charge in [-0.15, -0.1) is 0 Å². The van der Waals surface area contributed by atoms with E-state index >= 15 is 0 Å². The minimum absolute atomic E-state index is 0.0110. The molecule has 0 aromatic heterocycles. The van der Waals surface area contributed by atoms with Crippen molar-refractivity contribution in [3.8, 4) is 0 Å². The molecule has 1 aliphatic rings. The summed E-state index contributed by atoms with van der Waals surface area (Å²) in [4.78, 5) is 13.1. The molecule has 0 radical (unpaired) electrons. The van der Waals surface area contributed by atoms with Crippen molar-refractivity contribution in [3.63, 3.8) is 0 Å². The van der Waals surface area contributed by atoms with Gasteiger partial charge in [-0.3, -0.25) is 4.79 Å². The predicted molar refractivity (Wildman–Crippen MR) is 62.6 cm³/mol. The molecule has 2 rings (SSSR count). The molecule has 5 heteroatoms. The second-order valence-electron chi connectivity index (χ2n) is 5.20. The van der Waals surface area contributed by atoms with Gasteiger partial charge in [-0.1, -0.05) is 11.6 Å². The average Bonchev–Trinajstić information content (AvgIpc) is 2.39. The van der Waals surface area contributed by atoms with Crippen LogP contribution in [0.2, 0.25) is 0 Å². The highest BCUT2D eigenvalue weighted by molar-refractivity contribution is 6.08. The molecule has 1 aliphatic heterocycles. The first-order valence-electron chi connectivity index (χ1n) is 5.57. The van der Waals surface area contributed by atoms with Crippen LogP contribution in [0.3, 0.4) is 0 Å². The first-order chi connectivity index (χ1) is 8.06. The van der Waals surface area contributed by atoms with Crippen LogP contribution in [0.1, 0.15) is 30.5 Å². The van der Waals surface area contributed by atoms with E-state index in [0.29, 0.717) is 11.1 Å². The third-order valence-electron chi connectivity index (χ3n) is 3.41. The number of anilines is 1. The second kappa shape index (κ2) is 3.49. The maximum atomic E-state index is 13.0. The van der Waals surface area contributed by atoms with E-state index in [4.69, 9.17) is 0 Å². The van der Waals surface area contributed by atoms with E-state index in [1.165, 1.54) is 7.05 Å². The number of likely N-dealkylation sites (N-methyl/N-ethyl adjacent to an activating group) is 1.